The number of ether oxygens (including phenoxy) is 1. The molecule has 1 aliphatic heterocycles. The summed E-state index contributed by atoms with van der Waals surface area (Å²) in [5.41, 5.74) is 1.87. The van der Waals surface area contributed by atoms with Crippen molar-refractivity contribution in [1.29, 1.82) is 0 Å². The van der Waals surface area contributed by atoms with E-state index in [1.165, 1.54) is 0 Å². The molecule has 0 saturated carbocycles. The van der Waals surface area contributed by atoms with Crippen molar-refractivity contribution in [2.75, 3.05) is 13.7 Å². The summed E-state index contributed by atoms with van der Waals surface area (Å²) >= 11 is 0. The Morgan fingerprint density at radius 2 is 1.88 bits per heavy atom. The Hall–Kier alpha value is -3.81. The highest BCUT2D eigenvalue weighted by Gasteiger charge is 2.38. The zero-order valence-electron chi connectivity index (χ0n) is 17.9. The lowest BCUT2D eigenvalue weighted by molar-refractivity contribution is -0.128. The molecule has 0 radical (unpaired) electrons. The highest BCUT2D eigenvalue weighted by atomic mass is 16.5. The Morgan fingerprint density at radius 3 is 2.72 bits per heavy atom. The third-order valence-corrected chi connectivity index (χ3v) is 5.64. The first-order valence-electron chi connectivity index (χ1n) is 10.6. The molecule has 1 aliphatic rings. The van der Waals surface area contributed by atoms with Crippen LogP contribution in [0.3, 0.4) is 0 Å². The summed E-state index contributed by atoms with van der Waals surface area (Å²) in [7, 11) is 1.55. The summed E-state index contributed by atoms with van der Waals surface area (Å²) in [6.45, 7) is 1.27. The third kappa shape index (κ3) is 4.59. The lowest BCUT2D eigenvalue weighted by atomic mass is 10.1. The van der Waals surface area contributed by atoms with Crippen LogP contribution in [0, 0.1) is 0 Å². The van der Waals surface area contributed by atoms with Gasteiger partial charge in [-0.2, -0.15) is 0 Å². The van der Waals surface area contributed by atoms with Gasteiger partial charge in [0, 0.05) is 36.8 Å². The molecular weight excluding hydrogens is 408 g/mol. The van der Waals surface area contributed by atoms with E-state index in [2.05, 4.69) is 21.3 Å². The lowest BCUT2D eigenvalue weighted by Crippen LogP contribution is -2.33. The summed E-state index contributed by atoms with van der Waals surface area (Å²) in [4.78, 5) is 38.4. The first kappa shape index (κ1) is 21.4. The van der Waals surface area contributed by atoms with Crippen LogP contribution in [0.25, 0.3) is 10.9 Å². The summed E-state index contributed by atoms with van der Waals surface area (Å²) in [6, 6.07) is 16.2. The number of hydrogen-bond donors (Lipinski definition) is 2. The van der Waals surface area contributed by atoms with Gasteiger partial charge >= 0.3 is 6.03 Å². The fraction of sp³-hybridized carbons (Fsp3) is 0.292. The Morgan fingerprint density at radius 1 is 1.09 bits per heavy atom. The van der Waals surface area contributed by atoms with Crippen LogP contribution in [-0.4, -0.2) is 47.0 Å². The number of urea groups is 1. The first-order chi connectivity index (χ1) is 15.6. The van der Waals surface area contributed by atoms with Gasteiger partial charge in [0.15, 0.2) is 0 Å². The molecule has 166 valence electrons. The van der Waals surface area contributed by atoms with E-state index in [0.29, 0.717) is 18.8 Å². The molecule has 8 nitrogen and oxygen atoms in total. The van der Waals surface area contributed by atoms with Crippen LogP contribution in [-0.2, 0) is 22.7 Å². The Bertz CT molecular complexity index is 1140. The predicted molar refractivity (Wildman–Crippen MR) is 120 cm³/mol. The van der Waals surface area contributed by atoms with Gasteiger partial charge in [-0.05, 0) is 30.0 Å². The molecule has 4 amide bonds. The van der Waals surface area contributed by atoms with Crippen molar-refractivity contribution < 1.29 is 19.1 Å². The number of nitrogens with one attached hydrogen (secondary N) is 2. The summed E-state index contributed by atoms with van der Waals surface area (Å²) in [6.07, 6.45) is 2.41. The fourth-order valence-electron chi connectivity index (χ4n) is 3.94. The number of methoxy groups -OCH3 is 1. The maximum absolute atomic E-state index is 12.7. The molecule has 0 aliphatic carbocycles. The first-order valence-corrected chi connectivity index (χ1v) is 10.6. The number of hydrogen-bond acceptors (Lipinski definition) is 4. The number of imide groups is 1. The summed E-state index contributed by atoms with van der Waals surface area (Å²) < 4.78 is 7.38. The number of amides is 4. The molecule has 0 bridgehead atoms. The van der Waals surface area contributed by atoms with Gasteiger partial charge in [-0.1, -0.05) is 36.4 Å². The molecule has 0 unspecified atom stereocenters. The van der Waals surface area contributed by atoms with E-state index in [0.717, 1.165) is 21.4 Å². The zero-order valence-corrected chi connectivity index (χ0v) is 17.9. The Balaban J connectivity index is 1.25. The average Bonchev–Trinajstić information content (AvgIpc) is 3.34. The minimum Gasteiger partial charge on any atom is -0.496 e. The van der Waals surface area contributed by atoms with Crippen molar-refractivity contribution in [3.05, 3.63) is 66.4 Å². The molecule has 1 fully saturated rings. The maximum atomic E-state index is 12.7. The quantitative estimate of drug-likeness (QED) is 0.507. The summed E-state index contributed by atoms with van der Waals surface area (Å²) in [5, 5.41) is 6.73. The molecule has 2 N–H and O–H groups in total. The fourth-order valence-corrected chi connectivity index (χ4v) is 3.94. The maximum Gasteiger partial charge on any atom is 0.325 e. The van der Waals surface area contributed by atoms with Crippen LogP contribution in [0.4, 0.5) is 4.79 Å². The van der Waals surface area contributed by atoms with Crippen LogP contribution in [0.2, 0.25) is 0 Å². The van der Waals surface area contributed by atoms with Gasteiger partial charge in [0.25, 0.3) is 5.91 Å². The third-order valence-electron chi connectivity index (χ3n) is 5.64. The van der Waals surface area contributed by atoms with Gasteiger partial charge in [-0.25, -0.2) is 4.79 Å². The molecule has 2 aromatic carbocycles. The predicted octanol–water partition coefficient (Wildman–Crippen LogP) is 2.67. The SMILES string of the molecule is COc1ccccc1CN1C(=O)N[C@@H](CCC(=O)NCCn2ccc3ccccc32)C1=O. The normalized spacial score (nSPS) is 15.8. The number of aromatic nitrogens is 1. The molecule has 3 aromatic rings. The summed E-state index contributed by atoms with van der Waals surface area (Å²) in [5.74, 6) is 0.144. The number of carbonyl (C=O) groups excluding carboxylic acids is 3. The van der Waals surface area contributed by atoms with Crippen molar-refractivity contribution >= 4 is 28.7 Å². The largest absolute Gasteiger partial charge is 0.496 e. The minimum absolute atomic E-state index is 0.127. The average molecular weight is 434 g/mol. The highest BCUT2D eigenvalue weighted by molar-refractivity contribution is 6.04. The van der Waals surface area contributed by atoms with E-state index in [1.807, 2.05) is 48.7 Å². The Kier molecular flexibility index (Phi) is 6.39. The standard InChI is InChI=1S/C24H26N4O4/c1-32-21-9-5-3-7-18(21)16-28-23(30)19(26-24(28)31)10-11-22(29)25-13-15-27-14-12-17-6-2-4-8-20(17)27/h2-9,12,14,19H,10-11,13,15-16H2,1H3,(H,25,29)(H,26,31)/t19-/m0/s1. The van der Waals surface area contributed by atoms with Gasteiger partial charge in [-0.3, -0.25) is 14.5 Å². The molecule has 32 heavy (non-hydrogen) atoms. The molecule has 2 heterocycles. The zero-order chi connectivity index (χ0) is 22.5. The van der Waals surface area contributed by atoms with E-state index in [9.17, 15) is 14.4 Å². The van der Waals surface area contributed by atoms with Crippen molar-refractivity contribution in [3.8, 4) is 5.75 Å². The topological polar surface area (TPSA) is 92.7 Å². The molecule has 4 rings (SSSR count). The molecule has 8 heteroatoms. The molecular formula is C24H26N4O4. The number of benzene rings is 2. The van der Waals surface area contributed by atoms with Crippen LogP contribution in [0.15, 0.2) is 60.8 Å². The van der Waals surface area contributed by atoms with Crippen LogP contribution < -0.4 is 15.4 Å². The molecule has 0 spiro atoms. The lowest BCUT2D eigenvalue weighted by Gasteiger charge is -2.15. The van der Waals surface area contributed by atoms with Gasteiger partial charge in [0.05, 0.1) is 13.7 Å². The van der Waals surface area contributed by atoms with Gasteiger partial charge in [0.2, 0.25) is 5.91 Å². The van der Waals surface area contributed by atoms with E-state index in [1.54, 1.807) is 13.2 Å². The van der Waals surface area contributed by atoms with E-state index in [4.69, 9.17) is 4.74 Å². The second-order valence-electron chi connectivity index (χ2n) is 7.69. The number of para-hydroxylation sites is 2. The monoisotopic (exact) mass is 434 g/mol. The van der Waals surface area contributed by atoms with Crippen molar-refractivity contribution in [1.82, 2.24) is 20.1 Å². The molecule has 1 aromatic heterocycles. The highest BCUT2D eigenvalue weighted by Crippen LogP contribution is 2.22. The van der Waals surface area contributed by atoms with Crippen LogP contribution in [0.1, 0.15) is 18.4 Å². The van der Waals surface area contributed by atoms with Crippen LogP contribution in [0.5, 0.6) is 5.75 Å². The van der Waals surface area contributed by atoms with Crippen molar-refractivity contribution in [2.24, 2.45) is 0 Å². The van der Waals surface area contributed by atoms with E-state index in [-0.39, 0.29) is 31.2 Å². The van der Waals surface area contributed by atoms with Gasteiger partial charge < -0.3 is 19.9 Å². The minimum atomic E-state index is -0.698. The number of carbonyl (C=O) groups is 3. The number of fused-ring (bicyclic) bond motifs is 1. The van der Waals surface area contributed by atoms with Crippen molar-refractivity contribution in [2.45, 2.75) is 32.0 Å². The number of rotatable bonds is 9. The van der Waals surface area contributed by atoms with Gasteiger partial charge in [-0.15, -0.1) is 0 Å². The van der Waals surface area contributed by atoms with Crippen LogP contribution >= 0.6 is 0 Å². The van der Waals surface area contributed by atoms with Gasteiger partial charge in [0.1, 0.15) is 11.8 Å². The molecule has 1 atom stereocenters. The second-order valence-corrected chi connectivity index (χ2v) is 7.69. The smallest absolute Gasteiger partial charge is 0.325 e. The second kappa shape index (κ2) is 9.55. The van der Waals surface area contributed by atoms with E-state index < -0.39 is 12.1 Å². The number of nitrogens with zero attached hydrogens (tertiary/aromatic N) is 2. The van der Waals surface area contributed by atoms with E-state index >= 15 is 0 Å². The molecule has 1 saturated heterocycles. The Labute approximate surface area is 186 Å². The van der Waals surface area contributed by atoms with Crippen molar-refractivity contribution in [3.63, 3.8) is 0 Å².